The van der Waals surface area contributed by atoms with Crippen LogP contribution in [0.4, 0.5) is 22.7 Å². The molecule has 2 heterocycles. The number of fused-ring (bicyclic) bond motifs is 5. The maximum atomic E-state index is 4.80. The summed E-state index contributed by atoms with van der Waals surface area (Å²) in [5.41, 5.74) is 18.9. The first kappa shape index (κ1) is 33.6. The maximum Gasteiger partial charge on any atom is 0.0351 e. The molecule has 0 spiro atoms. The van der Waals surface area contributed by atoms with Gasteiger partial charge in [0, 0.05) is 45.1 Å². The number of para-hydroxylation sites is 1. The van der Waals surface area contributed by atoms with Crippen molar-refractivity contribution in [3.8, 4) is 0 Å². The summed E-state index contributed by atoms with van der Waals surface area (Å²) in [5.74, 6) is 0. The van der Waals surface area contributed by atoms with E-state index in [1.807, 2.05) is 0 Å². The summed E-state index contributed by atoms with van der Waals surface area (Å²) in [7, 11) is 0. The monoisotopic (exact) mass is 810 g/mol. The third kappa shape index (κ3) is 5.85. The average molecular weight is 811 g/mol. The van der Waals surface area contributed by atoms with Gasteiger partial charge in [0.25, 0.3) is 0 Å². The van der Waals surface area contributed by atoms with Crippen LogP contribution in [0.5, 0.6) is 0 Å². The fourth-order valence-corrected chi connectivity index (χ4v) is 7.68. The Labute approximate surface area is 301 Å². The van der Waals surface area contributed by atoms with Gasteiger partial charge in [0.1, 0.15) is 0 Å². The molecule has 0 aliphatic carbocycles. The zero-order valence-corrected chi connectivity index (χ0v) is 31.5. The van der Waals surface area contributed by atoms with Crippen molar-refractivity contribution >= 4 is 55.3 Å². The van der Waals surface area contributed by atoms with Gasteiger partial charge in [-0.05, 0) is 118 Å². The normalized spacial score (nSPS) is 12.4. The quantitative estimate of drug-likeness (QED) is 0.128. The Morgan fingerprint density at radius 2 is 0.833 bits per heavy atom. The minimum atomic E-state index is 0. The Kier molecular flexibility index (Phi) is 9.08. The zero-order chi connectivity index (χ0) is 33.1. The van der Waals surface area contributed by atoms with Crippen LogP contribution in [-0.2, 0) is 22.4 Å². The Morgan fingerprint density at radius 3 is 1.29 bits per heavy atom. The molecular weight excluding hydrogens is 767 g/mol. The van der Waals surface area contributed by atoms with Gasteiger partial charge < -0.3 is 14.8 Å². The molecular formula is C44H43AuN3-2. The minimum Gasteiger partial charge on any atom is -0.656 e. The number of rotatable bonds is 2. The Morgan fingerprint density at radius 1 is 0.438 bits per heavy atom. The summed E-state index contributed by atoms with van der Waals surface area (Å²) in [6.07, 6.45) is 0. The SMILES string of the molecule is Cc1cc(C)c(N2[CH-]N(c3c(C)cccc3C)c3cc4ccccc4cc32)c(C)c1.Cc1cc(C)c2[n-]c3c(C)cc(C)cc3c2c1.[Au]. The van der Waals surface area contributed by atoms with Gasteiger partial charge in [-0.1, -0.05) is 107 Å². The summed E-state index contributed by atoms with van der Waals surface area (Å²) in [5, 5.41) is 5.12. The van der Waals surface area contributed by atoms with Crippen molar-refractivity contribution in [2.24, 2.45) is 0 Å². The average Bonchev–Trinajstić information content (AvgIpc) is 3.55. The molecule has 4 heteroatoms. The van der Waals surface area contributed by atoms with Crippen molar-refractivity contribution in [3.63, 3.8) is 0 Å². The second-order valence-electron chi connectivity index (χ2n) is 13.6. The number of nitrogens with zero attached hydrogens (tertiary/aromatic N) is 3. The molecule has 3 nitrogen and oxygen atoms in total. The van der Waals surface area contributed by atoms with Crippen molar-refractivity contribution in [2.45, 2.75) is 62.3 Å². The molecule has 1 aliphatic heterocycles. The molecule has 6 aromatic carbocycles. The first-order valence-corrected chi connectivity index (χ1v) is 16.5. The molecule has 1 aromatic heterocycles. The van der Waals surface area contributed by atoms with Gasteiger partial charge >= 0.3 is 0 Å². The maximum absolute atomic E-state index is 4.80. The first-order valence-electron chi connectivity index (χ1n) is 16.5. The van der Waals surface area contributed by atoms with Crippen molar-refractivity contribution in [1.82, 2.24) is 4.98 Å². The van der Waals surface area contributed by atoms with Crippen molar-refractivity contribution < 1.29 is 22.4 Å². The minimum absolute atomic E-state index is 0. The molecule has 247 valence electrons. The summed E-state index contributed by atoms with van der Waals surface area (Å²) in [4.78, 5) is 9.54. The van der Waals surface area contributed by atoms with Crippen molar-refractivity contribution in [1.29, 1.82) is 0 Å². The molecule has 8 rings (SSSR count). The topological polar surface area (TPSA) is 20.6 Å². The summed E-state index contributed by atoms with van der Waals surface area (Å²) in [6, 6.07) is 33.3. The summed E-state index contributed by atoms with van der Waals surface area (Å²) in [6.45, 7) is 21.8. The molecule has 0 saturated carbocycles. The van der Waals surface area contributed by atoms with Gasteiger partial charge in [0.2, 0.25) is 0 Å². The van der Waals surface area contributed by atoms with Crippen LogP contribution < -0.4 is 14.8 Å². The van der Waals surface area contributed by atoms with Crippen LogP contribution in [0.1, 0.15) is 50.1 Å². The second kappa shape index (κ2) is 13.0. The second-order valence-corrected chi connectivity index (χ2v) is 13.6. The van der Waals surface area contributed by atoms with Crippen LogP contribution in [0.15, 0.2) is 91.0 Å². The number of benzene rings is 6. The van der Waals surface area contributed by atoms with Crippen molar-refractivity contribution in [2.75, 3.05) is 9.80 Å². The molecule has 0 fully saturated rings. The molecule has 1 aliphatic rings. The van der Waals surface area contributed by atoms with E-state index in [1.54, 1.807) is 0 Å². The van der Waals surface area contributed by atoms with Gasteiger partial charge in [-0.3, -0.25) is 0 Å². The molecule has 0 N–H and O–H groups in total. The van der Waals surface area contributed by atoms with Crippen molar-refractivity contribution in [3.05, 3.63) is 148 Å². The van der Waals surface area contributed by atoms with Crippen LogP contribution in [0, 0.1) is 69.0 Å². The Balaban J connectivity index is 0.000000189. The predicted octanol–water partition coefficient (Wildman–Crippen LogP) is 12.0. The molecule has 7 aromatic rings. The van der Waals surface area contributed by atoms with Gasteiger partial charge in [-0.15, -0.1) is 17.7 Å². The first-order chi connectivity index (χ1) is 22.5. The van der Waals surface area contributed by atoms with Crippen LogP contribution in [-0.4, -0.2) is 0 Å². The van der Waals surface area contributed by atoms with Gasteiger partial charge in [-0.25, -0.2) is 0 Å². The summed E-state index contributed by atoms with van der Waals surface area (Å²) < 4.78 is 0. The van der Waals surface area contributed by atoms with E-state index >= 15 is 0 Å². The number of anilines is 4. The smallest absolute Gasteiger partial charge is 0.0351 e. The molecule has 48 heavy (non-hydrogen) atoms. The van der Waals surface area contributed by atoms with E-state index in [0.29, 0.717) is 0 Å². The fourth-order valence-electron chi connectivity index (χ4n) is 7.68. The molecule has 0 bridgehead atoms. The summed E-state index contributed by atoms with van der Waals surface area (Å²) >= 11 is 0. The molecule has 1 radical (unpaired) electrons. The number of hydrogen-bond donors (Lipinski definition) is 0. The van der Waals surface area contributed by atoms with Gasteiger partial charge in [0.05, 0.1) is 0 Å². The Bertz CT molecular complexity index is 2240. The fraction of sp³-hybridized carbons (Fsp3) is 0.205. The zero-order valence-electron chi connectivity index (χ0n) is 29.4. The number of hydrogen-bond acceptors (Lipinski definition) is 2. The van der Waals surface area contributed by atoms with Gasteiger partial charge in [-0.2, -0.15) is 0 Å². The van der Waals surface area contributed by atoms with E-state index in [0.717, 1.165) is 11.0 Å². The van der Waals surface area contributed by atoms with E-state index < -0.39 is 0 Å². The third-order valence-electron chi connectivity index (χ3n) is 9.55. The molecule has 0 saturated heterocycles. The van der Waals surface area contributed by atoms with E-state index in [9.17, 15) is 0 Å². The van der Waals surface area contributed by atoms with Crippen LogP contribution in [0.2, 0.25) is 0 Å². The van der Waals surface area contributed by atoms with E-state index in [4.69, 9.17) is 4.98 Å². The Hall–Kier alpha value is -4.28. The van der Waals surface area contributed by atoms with Crippen LogP contribution in [0.3, 0.4) is 0 Å². The molecule has 0 atom stereocenters. The van der Waals surface area contributed by atoms with E-state index in [1.165, 1.54) is 94.4 Å². The van der Waals surface area contributed by atoms with E-state index in [2.05, 4.69) is 170 Å². The van der Waals surface area contributed by atoms with Crippen LogP contribution >= 0.6 is 0 Å². The van der Waals surface area contributed by atoms with Gasteiger partial charge in [0.15, 0.2) is 0 Å². The van der Waals surface area contributed by atoms with E-state index in [-0.39, 0.29) is 22.4 Å². The predicted molar refractivity (Wildman–Crippen MR) is 203 cm³/mol. The number of aromatic nitrogens is 1. The largest absolute Gasteiger partial charge is 0.656 e. The molecule has 0 unspecified atom stereocenters. The molecule has 0 amide bonds. The third-order valence-corrected chi connectivity index (χ3v) is 9.55. The number of aryl methyl sites for hydroxylation is 9. The van der Waals surface area contributed by atoms with Crippen LogP contribution in [0.25, 0.3) is 32.6 Å². The standard InChI is InChI=1S/C28H27N2.C16H16N.Au/c1-18-13-21(4)28(22(5)14-18)30-17-29(27-19(2)9-8-10-20(27)3)25-15-23-11-6-7-12-24(23)16-26(25)30;1-9-5-11(3)15-13(7-9)14-8-10(2)6-12(4)16(14)17-15;/h6-17H,1-5H3;5-8H,1-4H3;/q2*-1;.